The van der Waals surface area contributed by atoms with Gasteiger partial charge in [0.2, 0.25) is 0 Å². The third-order valence-corrected chi connectivity index (χ3v) is 2.61. The number of aliphatic hydroxyl groups is 1. The summed E-state index contributed by atoms with van der Waals surface area (Å²) >= 11 is 0. The van der Waals surface area contributed by atoms with Gasteiger partial charge in [-0.3, -0.25) is 0 Å². The van der Waals surface area contributed by atoms with Crippen LogP contribution < -0.4 is 4.57 Å². The van der Waals surface area contributed by atoms with E-state index in [4.69, 9.17) is 0 Å². The summed E-state index contributed by atoms with van der Waals surface area (Å²) in [6.45, 7) is 0. The molecule has 0 spiro atoms. The molecular formula is C10H13NO4S. The standard InChI is InChI=1S/C10H13NO4S/c12-10(9-16(13,14)15)5-4-8-11-6-2-1-3-7-11/h1-4,6-8,10,12H,5,9H2. The number of aromatic nitrogens is 1. The largest absolute Gasteiger partial charge is 0.748 e. The first-order valence-corrected chi connectivity index (χ1v) is 6.29. The van der Waals surface area contributed by atoms with Crippen LogP contribution in [0.1, 0.15) is 6.42 Å². The van der Waals surface area contributed by atoms with Gasteiger partial charge in [0.05, 0.1) is 22.0 Å². The average Bonchev–Trinajstić information content (AvgIpc) is 2.16. The lowest BCUT2D eigenvalue weighted by Crippen LogP contribution is -2.24. The van der Waals surface area contributed by atoms with Crippen molar-refractivity contribution in [1.82, 2.24) is 0 Å². The second kappa shape index (κ2) is 5.74. The molecule has 6 heteroatoms. The fourth-order valence-electron chi connectivity index (χ4n) is 1.15. The normalized spacial score (nSPS) is 14.1. The zero-order chi connectivity index (χ0) is 12.0. The first kappa shape index (κ1) is 12.8. The topological polar surface area (TPSA) is 81.3 Å². The predicted molar refractivity (Wildman–Crippen MR) is 57.2 cm³/mol. The number of hydrogen-bond donors (Lipinski definition) is 1. The summed E-state index contributed by atoms with van der Waals surface area (Å²) in [5, 5.41) is 9.22. The van der Waals surface area contributed by atoms with Crippen molar-refractivity contribution in [2.45, 2.75) is 12.5 Å². The summed E-state index contributed by atoms with van der Waals surface area (Å²) < 4.78 is 32.7. The fourth-order valence-corrected chi connectivity index (χ4v) is 1.76. The van der Waals surface area contributed by atoms with E-state index in [1.165, 1.54) is 0 Å². The van der Waals surface area contributed by atoms with Gasteiger partial charge in [-0.1, -0.05) is 6.07 Å². The van der Waals surface area contributed by atoms with E-state index in [1.54, 1.807) is 29.2 Å². The van der Waals surface area contributed by atoms with Crippen LogP contribution >= 0.6 is 0 Å². The lowest BCUT2D eigenvalue weighted by atomic mass is 10.3. The Morgan fingerprint density at radius 1 is 1.31 bits per heavy atom. The molecule has 0 aliphatic carbocycles. The van der Waals surface area contributed by atoms with Gasteiger partial charge in [0.1, 0.15) is 0 Å². The molecule has 88 valence electrons. The van der Waals surface area contributed by atoms with Gasteiger partial charge >= 0.3 is 0 Å². The third-order valence-electron chi connectivity index (χ3n) is 1.82. The molecule has 1 atom stereocenters. The van der Waals surface area contributed by atoms with Crippen molar-refractivity contribution in [3.05, 3.63) is 36.7 Å². The molecule has 0 aromatic carbocycles. The van der Waals surface area contributed by atoms with Crippen molar-refractivity contribution in [3.8, 4) is 0 Å². The lowest BCUT2D eigenvalue weighted by Gasteiger charge is -2.10. The highest BCUT2D eigenvalue weighted by molar-refractivity contribution is 7.85. The van der Waals surface area contributed by atoms with Crippen LogP contribution in [-0.2, 0) is 10.1 Å². The molecule has 1 N–H and O–H groups in total. The Bertz CT molecular complexity index is 441. The maximum atomic E-state index is 10.3. The van der Waals surface area contributed by atoms with E-state index in [9.17, 15) is 18.1 Å². The molecule has 1 aromatic heterocycles. The third kappa shape index (κ3) is 5.59. The van der Waals surface area contributed by atoms with Crippen molar-refractivity contribution in [2.75, 3.05) is 5.75 Å². The van der Waals surface area contributed by atoms with Crippen LogP contribution in [0.3, 0.4) is 0 Å². The van der Waals surface area contributed by atoms with Crippen LogP contribution in [0.25, 0.3) is 6.20 Å². The Labute approximate surface area is 94.4 Å². The quantitative estimate of drug-likeness (QED) is 0.570. The molecule has 0 aliphatic heterocycles. The van der Waals surface area contributed by atoms with Gasteiger partial charge in [-0.05, 0) is 12.5 Å². The number of pyridine rings is 1. The molecule has 5 nitrogen and oxygen atoms in total. The second-order valence-electron chi connectivity index (χ2n) is 3.32. The maximum Gasteiger partial charge on any atom is 0.174 e. The second-order valence-corrected chi connectivity index (χ2v) is 4.77. The minimum Gasteiger partial charge on any atom is -0.748 e. The molecule has 16 heavy (non-hydrogen) atoms. The van der Waals surface area contributed by atoms with E-state index in [-0.39, 0.29) is 6.42 Å². The summed E-state index contributed by atoms with van der Waals surface area (Å²) in [5.74, 6) is -0.753. The molecule has 0 aliphatic rings. The van der Waals surface area contributed by atoms with Crippen molar-refractivity contribution in [2.24, 2.45) is 0 Å². The highest BCUT2D eigenvalue weighted by atomic mass is 32.2. The zero-order valence-corrected chi connectivity index (χ0v) is 9.38. The van der Waals surface area contributed by atoms with E-state index in [2.05, 4.69) is 0 Å². The first-order valence-electron chi connectivity index (χ1n) is 4.71. The molecule has 0 radical (unpaired) electrons. The summed E-state index contributed by atoms with van der Waals surface area (Å²) in [6.07, 6.45) is 5.86. The number of rotatable bonds is 5. The highest BCUT2D eigenvalue weighted by Crippen LogP contribution is 1.97. The average molecular weight is 243 g/mol. The van der Waals surface area contributed by atoms with Crippen LogP contribution in [-0.4, -0.2) is 29.9 Å². The summed E-state index contributed by atoms with van der Waals surface area (Å²) in [4.78, 5) is 0. The van der Waals surface area contributed by atoms with Crippen LogP contribution in [0.2, 0.25) is 0 Å². The van der Waals surface area contributed by atoms with Crippen molar-refractivity contribution < 1.29 is 22.6 Å². The van der Waals surface area contributed by atoms with Crippen LogP contribution in [0.15, 0.2) is 36.7 Å². The fraction of sp³-hybridized carbons (Fsp3) is 0.300. The summed E-state index contributed by atoms with van der Waals surface area (Å²) in [7, 11) is -4.36. The number of nitrogens with zero attached hydrogens (tertiary/aromatic N) is 1. The van der Waals surface area contributed by atoms with Gasteiger partial charge in [-0.15, -0.1) is 0 Å². The predicted octanol–water partition coefficient (Wildman–Crippen LogP) is -0.259. The van der Waals surface area contributed by atoms with Gasteiger partial charge < -0.3 is 9.66 Å². The lowest BCUT2D eigenvalue weighted by molar-refractivity contribution is -0.568. The SMILES string of the molecule is O=S(=O)([O-])CC(O)CC=C[n+]1ccccc1. The van der Waals surface area contributed by atoms with Crippen LogP contribution in [0.5, 0.6) is 0 Å². The Balaban J connectivity index is 2.43. The molecular weight excluding hydrogens is 230 g/mol. The molecule has 1 unspecified atom stereocenters. The van der Waals surface area contributed by atoms with E-state index in [0.717, 1.165) is 0 Å². The first-order chi connectivity index (χ1) is 7.47. The minimum atomic E-state index is -4.36. The zero-order valence-electron chi connectivity index (χ0n) is 8.56. The molecule has 0 saturated carbocycles. The van der Waals surface area contributed by atoms with Crippen molar-refractivity contribution >= 4 is 16.3 Å². The molecule has 0 bridgehead atoms. The Morgan fingerprint density at radius 3 is 2.50 bits per heavy atom. The molecule has 1 rings (SSSR count). The Hall–Kier alpha value is -1.24. The van der Waals surface area contributed by atoms with Gasteiger partial charge in [-0.25, -0.2) is 8.42 Å². The van der Waals surface area contributed by atoms with Crippen molar-refractivity contribution in [1.29, 1.82) is 0 Å². The monoisotopic (exact) mass is 243 g/mol. The van der Waals surface area contributed by atoms with Gasteiger partial charge in [0, 0.05) is 12.1 Å². The smallest absolute Gasteiger partial charge is 0.174 e. The number of hydrogen-bond acceptors (Lipinski definition) is 4. The Morgan fingerprint density at radius 2 is 1.94 bits per heavy atom. The van der Waals surface area contributed by atoms with Gasteiger partial charge in [0.25, 0.3) is 0 Å². The highest BCUT2D eigenvalue weighted by Gasteiger charge is 2.06. The minimum absolute atomic E-state index is 0.128. The van der Waals surface area contributed by atoms with Crippen LogP contribution in [0, 0.1) is 0 Å². The van der Waals surface area contributed by atoms with E-state index >= 15 is 0 Å². The maximum absolute atomic E-state index is 10.3. The summed E-state index contributed by atoms with van der Waals surface area (Å²) in [6, 6.07) is 5.54. The molecule has 1 heterocycles. The van der Waals surface area contributed by atoms with E-state index in [1.807, 2.05) is 18.2 Å². The van der Waals surface area contributed by atoms with Crippen molar-refractivity contribution in [3.63, 3.8) is 0 Å². The van der Waals surface area contributed by atoms with E-state index in [0.29, 0.717) is 0 Å². The molecule has 1 aromatic rings. The molecule has 0 fully saturated rings. The van der Waals surface area contributed by atoms with E-state index < -0.39 is 22.0 Å². The number of aliphatic hydroxyl groups excluding tert-OH is 1. The summed E-state index contributed by atoms with van der Waals surface area (Å²) in [5.41, 5.74) is 0. The molecule has 0 amide bonds. The molecule has 0 saturated heterocycles. The van der Waals surface area contributed by atoms with Gasteiger partial charge in [0.15, 0.2) is 18.6 Å². The van der Waals surface area contributed by atoms with Crippen LogP contribution in [0.4, 0.5) is 0 Å². The van der Waals surface area contributed by atoms with Gasteiger partial charge in [-0.2, -0.15) is 4.57 Å². The Kier molecular flexibility index (Phi) is 4.60.